The van der Waals surface area contributed by atoms with E-state index in [2.05, 4.69) is 0 Å². The fourth-order valence-electron chi connectivity index (χ4n) is 2.95. The van der Waals surface area contributed by atoms with Gasteiger partial charge in [0, 0.05) is 0 Å². The third kappa shape index (κ3) is 1.93. The van der Waals surface area contributed by atoms with Crippen LogP contribution >= 0.6 is 0 Å². The monoisotopic (exact) mass is 209 g/mol. The summed E-state index contributed by atoms with van der Waals surface area (Å²) in [6, 6.07) is 0. The molecule has 0 spiro atoms. The first kappa shape index (κ1) is 8.97. The minimum atomic E-state index is 0.540. The van der Waals surface area contributed by atoms with Crippen LogP contribution in [0.5, 0.6) is 0 Å². The summed E-state index contributed by atoms with van der Waals surface area (Å²) in [5, 5.41) is 0. The first-order valence-corrected chi connectivity index (χ1v) is 6.12. The highest BCUT2D eigenvalue weighted by Gasteiger charge is 2.50. The fourth-order valence-corrected chi connectivity index (χ4v) is 2.95. The van der Waals surface area contributed by atoms with Gasteiger partial charge in [-0.2, -0.15) is 0 Å². The Morgan fingerprint density at radius 3 is 2.60 bits per heavy atom. The second-order valence-corrected chi connectivity index (χ2v) is 5.36. The molecular formula is C12H17O3. The maximum absolute atomic E-state index is 5.64. The van der Waals surface area contributed by atoms with Gasteiger partial charge in [0.15, 0.2) is 0 Å². The average Bonchev–Trinajstić information content (AvgIpc) is 3.06. The van der Waals surface area contributed by atoms with E-state index in [1.807, 2.05) is 0 Å². The van der Waals surface area contributed by atoms with E-state index in [0.717, 1.165) is 19.1 Å². The molecule has 15 heavy (non-hydrogen) atoms. The molecule has 5 atom stereocenters. The standard InChI is InChI=1S/C12H17O3/c1(9-5-13-9)7-3-11-12(15-11)4-8(7)2-10-6-14-10/h7,9-12H,1-6H2. The van der Waals surface area contributed by atoms with E-state index in [4.69, 9.17) is 14.2 Å². The lowest BCUT2D eigenvalue weighted by molar-refractivity contribution is 0.302. The number of hydrogen-bond donors (Lipinski definition) is 0. The molecule has 0 aromatic carbocycles. The first-order valence-electron chi connectivity index (χ1n) is 6.12. The lowest BCUT2D eigenvalue weighted by Gasteiger charge is -2.28. The molecule has 3 heterocycles. The zero-order valence-corrected chi connectivity index (χ0v) is 8.85. The third-order valence-electron chi connectivity index (χ3n) is 4.09. The zero-order chi connectivity index (χ0) is 9.83. The van der Waals surface area contributed by atoms with Crippen molar-refractivity contribution in [2.24, 2.45) is 5.92 Å². The Morgan fingerprint density at radius 1 is 1.07 bits per heavy atom. The van der Waals surface area contributed by atoms with E-state index < -0.39 is 0 Å². The van der Waals surface area contributed by atoms with Crippen LogP contribution in [0.3, 0.4) is 0 Å². The smallest absolute Gasteiger partial charge is 0.0847 e. The molecule has 3 aliphatic heterocycles. The normalized spacial score (nSPS) is 52.4. The van der Waals surface area contributed by atoms with Gasteiger partial charge in [-0.3, -0.25) is 0 Å². The molecule has 4 fully saturated rings. The SMILES string of the molecule is C1OC1C[C]1CC2OC2CC1CC1CO1. The highest BCUT2D eigenvalue weighted by molar-refractivity contribution is 5.12. The van der Waals surface area contributed by atoms with Crippen LogP contribution < -0.4 is 0 Å². The number of ether oxygens (including phenoxy) is 3. The second-order valence-electron chi connectivity index (χ2n) is 5.36. The van der Waals surface area contributed by atoms with Gasteiger partial charge in [-0.1, -0.05) is 0 Å². The van der Waals surface area contributed by atoms with Crippen molar-refractivity contribution in [1.82, 2.24) is 0 Å². The molecule has 1 saturated carbocycles. The lowest BCUT2D eigenvalue weighted by atomic mass is 9.75. The Morgan fingerprint density at radius 2 is 1.87 bits per heavy atom. The van der Waals surface area contributed by atoms with Crippen LogP contribution in [0.1, 0.15) is 25.7 Å². The Hall–Kier alpha value is -0.120. The fraction of sp³-hybridized carbons (Fsp3) is 0.917. The summed E-state index contributed by atoms with van der Waals surface area (Å²) in [6.07, 6.45) is 7.10. The highest BCUT2D eigenvalue weighted by atomic mass is 16.6. The number of hydrogen-bond acceptors (Lipinski definition) is 3. The van der Waals surface area contributed by atoms with Crippen molar-refractivity contribution in [2.45, 2.75) is 50.1 Å². The van der Waals surface area contributed by atoms with Gasteiger partial charge < -0.3 is 14.2 Å². The maximum atomic E-state index is 5.64. The summed E-state index contributed by atoms with van der Waals surface area (Å²) >= 11 is 0. The average molecular weight is 209 g/mol. The van der Waals surface area contributed by atoms with E-state index in [9.17, 15) is 0 Å². The maximum Gasteiger partial charge on any atom is 0.0847 e. The molecule has 83 valence electrons. The molecular weight excluding hydrogens is 192 g/mol. The van der Waals surface area contributed by atoms with E-state index in [-0.39, 0.29) is 0 Å². The van der Waals surface area contributed by atoms with Crippen LogP contribution in [0, 0.1) is 11.8 Å². The van der Waals surface area contributed by atoms with Crippen molar-refractivity contribution in [1.29, 1.82) is 0 Å². The van der Waals surface area contributed by atoms with Crippen molar-refractivity contribution in [2.75, 3.05) is 13.2 Å². The van der Waals surface area contributed by atoms with Gasteiger partial charge in [0.2, 0.25) is 0 Å². The Labute approximate surface area is 90.1 Å². The van der Waals surface area contributed by atoms with Gasteiger partial charge in [0.05, 0.1) is 37.6 Å². The van der Waals surface area contributed by atoms with Crippen molar-refractivity contribution >= 4 is 0 Å². The molecule has 0 aromatic heterocycles. The predicted molar refractivity (Wildman–Crippen MR) is 53.3 cm³/mol. The molecule has 3 nitrogen and oxygen atoms in total. The van der Waals surface area contributed by atoms with Crippen LogP contribution in [0.25, 0.3) is 0 Å². The molecule has 0 bridgehead atoms. The molecule has 5 unspecified atom stereocenters. The third-order valence-corrected chi connectivity index (χ3v) is 4.09. The molecule has 0 amide bonds. The topological polar surface area (TPSA) is 37.6 Å². The Balaban J connectivity index is 1.40. The van der Waals surface area contributed by atoms with Crippen molar-refractivity contribution in [3.05, 3.63) is 5.92 Å². The molecule has 0 aromatic rings. The van der Waals surface area contributed by atoms with Crippen LogP contribution in [-0.2, 0) is 14.2 Å². The molecule has 4 aliphatic rings. The summed E-state index contributed by atoms with van der Waals surface area (Å²) in [5.41, 5.74) is 0. The van der Waals surface area contributed by atoms with E-state index in [1.54, 1.807) is 5.92 Å². The number of rotatable bonds is 4. The van der Waals surface area contributed by atoms with Crippen LogP contribution in [0.2, 0.25) is 0 Å². The molecule has 3 heteroatoms. The molecule has 3 saturated heterocycles. The van der Waals surface area contributed by atoms with Gasteiger partial charge in [-0.25, -0.2) is 0 Å². The first-order chi connectivity index (χ1) is 7.38. The largest absolute Gasteiger partial charge is 0.373 e. The quantitative estimate of drug-likeness (QED) is 0.655. The van der Waals surface area contributed by atoms with Crippen molar-refractivity contribution in [3.8, 4) is 0 Å². The van der Waals surface area contributed by atoms with Crippen molar-refractivity contribution < 1.29 is 14.2 Å². The van der Waals surface area contributed by atoms with Crippen molar-refractivity contribution in [3.63, 3.8) is 0 Å². The highest BCUT2D eigenvalue weighted by Crippen LogP contribution is 2.48. The summed E-state index contributed by atoms with van der Waals surface area (Å²) < 4.78 is 16.3. The van der Waals surface area contributed by atoms with E-state index in [0.29, 0.717) is 24.4 Å². The minimum Gasteiger partial charge on any atom is -0.373 e. The van der Waals surface area contributed by atoms with E-state index in [1.165, 1.54) is 25.7 Å². The Kier molecular flexibility index (Phi) is 1.91. The summed E-state index contributed by atoms with van der Waals surface area (Å²) in [4.78, 5) is 0. The van der Waals surface area contributed by atoms with Gasteiger partial charge in [0.25, 0.3) is 0 Å². The number of epoxide rings is 3. The molecule has 0 N–H and O–H groups in total. The molecule has 1 aliphatic carbocycles. The second kappa shape index (κ2) is 3.19. The van der Waals surface area contributed by atoms with Gasteiger partial charge in [-0.15, -0.1) is 0 Å². The molecule has 4 rings (SSSR count). The summed E-state index contributed by atoms with van der Waals surface area (Å²) in [5.74, 6) is 2.46. The van der Waals surface area contributed by atoms with Crippen LogP contribution in [0.15, 0.2) is 0 Å². The Bertz CT molecular complexity index is 230. The van der Waals surface area contributed by atoms with Gasteiger partial charge in [-0.05, 0) is 37.5 Å². The minimum absolute atomic E-state index is 0.540. The van der Waals surface area contributed by atoms with E-state index >= 15 is 0 Å². The van der Waals surface area contributed by atoms with Crippen LogP contribution in [-0.4, -0.2) is 37.6 Å². The summed E-state index contributed by atoms with van der Waals surface area (Å²) in [7, 11) is 0. The van der Waals surface area contributed by atoms with Gasteiger partial charge >= 0.3 is 0 Å². The van der Waals surface area contributed by atoms with Crippen LogP contribution in [0.4, 0.5) is 0 Å². The number of fused-ring (bicyclic) bond motifs is 1. The van der Waals surface area contributed by atoms with Gasteiger partial charge in [0.1, 0.15) is 0 Å². The molecule has 1 radical (unpaired) electrons. The summed E-state index contributed by atoms with van der Waals surface area (Å²) in [6.45, 7) is 1.96. The predicted octanol–water partition coefficient (Wildman–Crippen LogP) is 1.32. The zero-order valence-electron chi connectivity index (χ0n) is 8.85. The lowest BCUT2D eigenvalue weighted by Crippen LogP contribution is -2.25.